The van der Waals surface area contributed by atoms with Gasteiger partial charge in [0.05, 0.1) is 24.8 Å². The number of likely N-dealkylation sites (tertiary alicyclic amines) is 1. The van der Waals surface area contributed by atoms with Crippen LogP contribution in [-0.2, 0) is 14.3 Å². The summed E-state index contributed by atoms with van der Waals surface area (Å²) in [5.41, 5.74) is 2.42. The number of carbonyl (C=O) groups excluding carboxylic acids is 3. The molecule has 8 heteroatoms. The number of likely N-dealkylation sites (N-methyl/N-ethyl adjacent to an activating group) is 1. The van der Waals surface area contributed by atoms with E-state index in [0.29, 0.717) is 43.1 Å². The molecule has 0 atom stereocenters. The van der Waals surface area contributed by atoms with Gasteiger partial charge < -0.3 is 14.5 Å². The summed E-state index contributed by atoms with van der Waals surface area (Å²) in [4.78, 5) is 46.9. The molecule has 35 heavy (non-hydrogen) atoms. The van der Waals surface area contributed by atoms with Crippen LogP contribution in [0.4, 0.5) is 0 Å². The topological polar surface area (TPSA) is 79.8 Å². The molecule has 3 aromatic rings. The van der Waals surface area contributed by atoms with Crippen molar-refractivity contribution in [1.29, 1.82) is 0 Å². The average molecular weight is 492 g/mol. The molecule has 0 N–H and O–H groups in total. The van der Waals surface area contributed by atoms with Gasteiger partial charge in [0.1, 0.15) is 9.88 Å². The summed E-state index contributed by atoms with van der Waals surface area (Å²) in [6.45, 7) is 3.09. The Morgan fingerprint density at radius 3 is 2.20 bits per heavy atom. The lowest BCUT2D eigenvalue weighted by atomic mass is 9.97. The van der Waals surface area contributed by atoms with Gasteiger partial charge >= 0.3 is 5.97 Å². The van der Waals surface area contributed by atoms with Crippen molar-refractivity contribution in [3.05, 3.63) is 65.5 Å². The highest BCUT2D eigenvalue weighted by atomic mass is 32.1. The third kappa shape index (κ3) is 5.77. The first-order valence-corrected chi connectivity index (χ1v) is 12.6. The highest BCUT2D eigenvalue weighted by Gasteiger charge is 2.30. The molecule has 7 nitrogen and oxygen atoms in total. The molecule has 2 aromatic carbocycles. The van der Waals surface area contributed by atoms with Gasteiger partial charge in [-0.15, -0.1) is 11.3 Å². The fourth-order valence-electron chi connectivity index (χ4n) is 4.13. The molecule has 2 heterocycles. The summed E-state index contributed by atoms with van der Waals surface area (Å²) < 4.78 is 5.10. The number of benzene rings is 2. The van der Waals surface area contributed by atoms with Crippen molar-refractivity contribution in [3.8, 4) is 21.8 Å². The zero-order valence-electron chi connectivity index (χ0n) is 20.0. The van der Waals surface area contributed by atoms with E-state index in [1.165, 1.54) is 16.2 Å². The SMILES string of the molecule is CCOC(=O)C1CCN(C(=O)CN(C)C(=O)c2sc(-c3ccccc3)nc2-c2ccccc2)CC1. The fraction of sp³-hybridized carbons (Fsp3) is 0.333. The van der Waals surface area contributed by atoms with E-state index in [-0.39, 0.29) is 30.2 Å². The first-order valence-electron chi connectivity index (χ1n) is 11.8. The van der Waals surface area contributed by atoms with Gasteiger partial charge in [-0.2, -0.15) is 0 Å². The van der Waals surface area contributed by atoms with Crippen molar-refractivity contribution in [2.45, 2.75) is 19.8 Å². The van der Waals surface area contributed by atoms with E-state index in [1.54, 1.807) is 18.9 Å². The molecule has 0 spiro atoms. The van der Waals surface area contributed by atoms with Gasteiger partial charge in [-0.25, -0.2) is 4.98 Å². The Bertz CT molecular complexity index is 1170. The second-order valence-electron chi connectivity index (χ2n) is 8.50. The van der Waals surface area contributed by atoms with E-state index in [9.17, 15) is 14.4 Å². The minimum Gasteiger partial charge on any atom is -0.466 e. The van der Waals surface area contributed by atoms with Crippen molar-refractivity contribution >= 4 is 29.1 Å². The summed E-state index contributed by atoms with van der Waals surface area (Å²) in [6, 6.07) is 19.4. The van der Waals surface area contributed by atoms with Crippen LogP contribution in [0.15, 0.2) is 60.7 Å². The number of ether oxygens (including phenoxy) is 1. The van der Waals surface area contributed by atoms with E-state index in [0.717, 1.165) is 16.1 Å². The number of aromatic nitrogens is 1. The lowest BCUT2D eigenvalue weighted by Crippen LogP contribution is -2.45. The number of rotatable bonds is 7. The maximum atomic E-state index is 13.5. The van der Waals surface area contributed by atoms with Crippen molar-refractivity contribution in [3.63, 3.8) is 0 Å². The molecule has 4 rings (SSSR count). The third-order valence-electron chi connectivity index (χ3n) is 6.08. The van der Waals surface area contributed by atoms with Gasteiger partial charge in [0.2, 0.25) is 5.91 Å². The van der Waals surface area contributed by atoms with Crippen LogP contribution in [0.25, 0.3) is 21.8 Å². The van der Waals surface area contributed by atoms with E-state index < -0.39 is 0 Å². The molecular weight excluding hydrogens is 462 g/mol. The minimum atomic E-state index is -0.238. The van der Waals surface area contributed by atoms with Gasteiger partial charge in [-0.05, 0) is 19.8 Å². The molecule has 0 bridgehead atoms. The lowest BCUT2D eigenvalue weighted by molar-refractivity contribution is -0.151. The van der Waals surface area contributed by atoms with Crippen molar-refractivity contribution < 1.29 is 19.1 Å². The van der Waals surface area contributed by atoms with Gasteiger partial charge in [0.25, 0.3) is 5.91 Å². The van der Waals surface area contributed by atoms with Crippen LogP contribution in [0, 0.1) is 5.92 Å². The maximum absolute atomic E-state index is 13.5. The van der Waals surface area contributed by atoms with Crippen LogP contribution < -0.4 is 0 Å². The molecule has 2 amide bonds. The molecule has 1 saturated heterocycles. The largest absolute Gasteiger partial charge is 0.466 e. The summed E-state index contributed by atoms with van der Waals surface area (Å²) in [6.07, 6.45) is 1.16. The maximum Gasteiger partial charge on any atom is 0.309 e. The summed E-state index contributed by atoms with van der Waals surface area (Å²) >= 11 is 1.34. The zero-order chi connectivity index (χ0) is 24.8. The quantitative estimate of drug-likeness (QED) is 0.459. The van der Waals surface area contributed by atoms with Gasteiger partial charge in [-0.3, -0.25) is 14.4 Å². The molecule has 0 unspecified atom stereocenters. The number of thiazole rings is 1. The van der Waals surface area contributed by atoms with E-state index in [2.05, 4.69) is 0 Å². The first-order chi connectivity index (χ1) is 17.0. The summed E-state index contributed by atoms with van der Waals surface area (Å²) in [7, 11) is 1.64. The Kier molecular flexibility index (Phi) is 7.92. The first kappa shape index (κ1) is 24.6. The second kappa shape index (κ2) is 11.3. The van der Waals surface area contributed by atoms with Crippen LogP contribution >= 0.6 is 11.3 Å². The van der Waals surface area contributed by atoms with Crippen molar-refractivity contribution in [2.75, 3.05) is 33.3 Å². The highest BCUT2D eigenvalue weighted by molar-refractivity contribution is 7.17. The Hall–Kier alpha value is -3.52. The standard InChI is InChI=1S/C27H29N3O4S/c1-3-34-27(33)21-14-16-30(17-15-21)22(31)18-29(2)26(32)24-23(19-10-6-4-7-11-19)28-25(35-24)20-12-8-5-9-13-20/h4-13,21H,3,14-18H2,1-2H3. The zero-order valence-corrected chi connectivity index (χ0v) is 20.8. The molecule has 1 fully saturated rings. The Labute approximate surface area is 209 Å². The highest BCUT2D eigenvalue weighted by Crippen LogP contribution is 2.34. The van der Waals surface area contributed by atoms with Crippen molar-refractivity contribution in [2.24, 2.45) is 5.92 Å². The van der Waals surface area contributed by atoms with E-state index in [1.807, 2.05) is 60.7 Å². The number of nitrogens with zero attached hydrogens (tertiary/aromatic N) is 3. The molecule has 1 aliphatic rings. The normalized spacial score (nSPS) is 13.9. The van der Waals surface area contributed by atoms with Gasteiger partial charge in [0.15, 0.2) is 0 Å². The summed E-state index contributed by atoms with van der Waals surface area (Å²) in [5.74, 6) is -0.726. The molecule has 0 saturated carbocycles. The number of carbonyl (C=O) groups is 3. The second-order valence-corrected chi connectivity index (χ2v) is 9.50. The van der Waals surface area contributed by atoms with Crippen LogP contribution in [0.1, 0.15) is 29.4 Å². The predicted octanol–water partition coefficient (Wildman–Crippen LogP) is 4.35. The Morgan fingerprint density at radius 1 is 1.00 bits per heavy atom. The monoisotopic (exact) mass is 491 g/mol. The van der Waals surface area contributed by atoms with Gasteiger partial charge in [0, 0.05) is 31.3 Å². The van der Waals surface area contributed by atoms with Crippen LogP contribution in [0.2, 0.25) is 0 Å². The minimum absolute atomic E-state index is 0.0320. The smallest absolute Gasteiger partial charge is 0.309 e. The van der Waals surface area contributed by atoms with E-state index in [4.69, 9.17) is 9.72 Å². The van der Waals surface area contributed by atoms with Crippen LogP contribution in [-0.4, -0.2) is 65.9 Å². The molecule has 1 aliphatic heterocycles. The predicted molar refractivity (Wildman–Crippen MR) is 136 cm³/mol. The van der Waals surface area contributed by atoms with Gasteiger partial charge in [-0.1, -0.05) is 60.7 Å². The Morgan fingerprint density at radius 2 is 1.60 bits per heavy atom. The molecule has 0 radical (unpaired) electrons. The Balaban J connectivity index is 1.48. The number of hydrogen-bond acceptors (Lipinski definition) is 6. The number of hydrogen-bond donors (Lipinski definition) is 0. The molecule has 0 aliphatic carbocycles. The molecular formula is C27H29N3O4S. The number of amides is 2. The third-order valence-corrected chi connectivity index (χ3v) is 7.17. The fourth-order valence-corrected chi connectivity index (χ4v) is 5.22. The van der Waals surface area contributed by atoms with E-state index >= 15 is 0 Å². The number of piperidine rings is 1. The lowest BCUT2D eigenvalue weighted by Gasteiger charge is -2.32. The summed E-state index contributed by atoms with van der Waals surface area (Å²) in [5, 5.41) is 0.758. The van der Waals surface area contributed by atoms with Crippen LogP contribution in [0.5, 0.6) is 0 Å². The number of esters is 1. The van der Waals surface area contributed by atoms with Crippen molar-refractivity contribution in [1.82, 2.24) is 14.8 Å². The average Bonchev–Trinajstić information content (AvgIpc) is 3.35. The molecule has 182 valence electrons. The van der Waals surface area contributed by atoms with Crippen LogP contribution in [0.3, 0.4) is 0 Å². The molecule has 1 aromatic heterocycles.